The quantitative estimate of drug-likeness (QED) is 0.529. The van der Waals surface area contributed by atoms with Crippen LogP contribution in [-0.4, -0.2) is 11.8 Å². The molecule has 3 N–H and O–H groups in total. The Kier molecular flexibility index (Phi) is 1.92. The standard InChI is InChI=1S/C8H5BrN3O2/c9-3-1-5-6(2-4(3)10)12-8(14)7(13)11-5/h1-2H,10H2,(H,11,13). The number of nitrogens with zero attached hydrogens (tertiary/aromatic N) is 1. The van der Waals surface area contributed by atoms with Gasteiger partial charge in [-0.2, -0.15) is 0 Å². The van der Waals surface area contributed by atoms with Crippen molar-refractivity contribution in [2.24, 2.45) is 0 Å². The summed E-state index contributed by atoms with van der Waals surface area (Å²) < 4.78 is 0.654. The highest BCUT2D eigenvalue weighted by molar-refractivity contribution is 9.10. The number of hydrogen-bond acceptors (Lipinski definition) is 3. The van der Waals surface area contributed by atoms with Crippen molar-refractivity contribution in [2.45, 2.75) is 0 Å². The summed E-state index contributed by atoms with van der Waals surface area (Å²) in [6.07, 6.45) is 0. The van der Waals surface area contributed by atoms with E-state index in [1.165, 1.54) is 6.07 Å². The summed E-state index contributed by atoms with van der Waals surface area (Å²) in [6, 6.07) is 3.13. The number of nitrogens with one attached hydrogen (secondary N) is 1. The Labute approximate surface area is 87.8 Å². The van der Waals surface area contributed by atoms with E-state index in [1.54, 1.807) is 6.07 Å². The number of hydrogen-bond donors (Lipinski definition) is 2. The molecular formula is C8H5BrN3O2. The van der Waals surface area contributed by atoms with E-state index in [4.69, 9.17) is 5.73 Å². The second-order valence-corrected chi connectivity index (χ2v) is 3.62. The van der Waals surface area contributed by atoms with Crippen molar-refractivity contribution in [3.63, 3.8) is 0 Å². The highest BCUT2D eigenvalue weighted by Crippen LogP contribution is 2.33. The molecular weight excluding hydrogens is 250 g/mol. The second-order valence-electron chi connectivity index (χ2n) is 2.76. The maximum atomic E-state index is 11.0. The normalized spacial score (nSPS) is 14.4. The fraction of sp³-hybridized carbons (Fsp3) is 0. The van der Waals surface area contributed by atoms with Gasteiger partial charge < -0.3 is 11.1 Å². The Hall–Kier alpha value is -1.56. The second kappa shape index (κ2) is 2.98. The maximum Gasteiger partial charge on any atom is 0.335 e. The number of nitrogens with two attached hydrogens (primary N) is 1. The van der Waals surface area contributed by atoms with Crippen LogP contribution in [0.15, 0.2) is 16.6 Å². The minimum Gasteiger partial charge on any atom is -0.398 e. The first-order valence-corrected chi connectivity index (χ1v) is 4.53. The molecule has 0 spiro atoms. The van der Waals surface area contributed by atoms with E-state index in [0.717, 1.165) is 0 Å². The number of rotatable bonds is 0. The van der Waals surface area contributed by atoms with E-state index in [1.807, 2.05) is 0 Å². The van der Waals surface area contributed by atoms with Crippen LogP contribution >= 0.6 is 15.9 Å². The zero-order chi connectivity index (χ0) is 10.3. The van der Waals surface area contributed by atoms with E-state index in [2.05, 4.69) is 26.6 Å². The Morgan fingerprint density at radius 1 is 1.36 bits per heavy atom. The smallest absolute Gasteiger partial charge is 0.335 e. The first-order valence-electron chi connectivity index (χ1n) is 3.74. The van der Waals surface area contributed by atoms with E-state index < -0.39 is 11.8 Å². The molecule has 2 rings (SSSR count). The molecule has 1 aromatic carbocycles. The number of amides is 2. The number of carbonyl (C=O) groups is 2. The lowest BCUT2D eigenvalue weighted by Gasteiger charge is -2.15. The monoisotopic (exact) mass is 254 g/mol. The van der Waals surface area contributed by atoms with Crippen LogP contribution in [0.3, 0.4) is 0 Å². The minimum absolute atomic E-state index is 0.385. The molecule has 1 radical (unpaired) electrons. The summed E-state index contributed by atoms with van der Waals surface area (Å²) >= 11 is 3.21. The van der Waals surface area contributed by atoms with Gasteiger partial charge in [-0.1, -0.05) is 0 Å². The summed E-state index contributed by atoms with van der Waals surface area (Å²) in [7, 11) is 0. The molecule has 0 saturated heterocycles. The molecule has 0 atom stereocenters. The summed E-state index contributed by atoms with van der Waals surface area (Å²) in [5.41, 5.74) is 6.93. The third-order valence-corrected chi connectivity index (χ3v) is 2.47. The lowest BCUT2D eigenvalue weighted by atomic mass is 10.2. The van der Waals surface area contributed by atoms with Crippen molar-refractivity contribution in [1.29, 1.82) is 0 Å². The first-order chi connectivity index (χ1) is 6.58. The predicted molar refractivity (Wildman–Crippen MR) is 54.0 cm³/mol. The zero-order valence-corrected chi connectivity index (χ0v) is 8.46. The highest BCUT2D eigenvalue weighted by Gasteiger charge is 2.25. The van der Waals surface area contributed by atoms with Crippen LogP contribution in [0.4, 0.5) is 17.1 Å². The van der Waals surface area contributed by atoms with Gasteiger partial charge in [-0.3, -0.25) is 9.59 Å². The molecule has 0 bridgehead atoms. The molecule has 0 fully saturated rings. The molecule has 1 aliphatic rings. The number of benzene rings is 1. The molecule has 0 saturated carbocycles. The Morgan fingerprint density at radius 2 is 2.07 bits per heavy atom. The molecule has 0 aliphatic carbocycles. The third-order valence-electron chi connectivity index (χ3n) is 1.78. The van der Waals surface area contributed by atoms with Crippen LogP contribution in [0, 0.1) is 0 Å². The molecule has 2 amide bonds. The molecule has 0 unspecified atom stereocenters. The van der Waals surface area contributed by atoms with Crippen molar-refractivity contribution in [1.82, 2.24) is 5.32 Å². The SMILES string of the molecule is Nc1cc2c(cc1Br)NC(=O)C(=O)[N]2. The van der Waals surface area contributed by atoms with Gasteiger partial charge in [-0.25, -0.2) is 5.32 Å². The average molecular weight is 255 g/mol. The maximum absolute atomic E-state index is 11.0. The number of anilines is 2. The number of carbonyl (C=O) groups excluding carboxylic acids is 2. The van der Waals surface area contributed by atoms with Gasteiger partial charge in [0.05, 0.1) is 11.4 Å². The summed E-state index contributed by atoms with van der Waals surface area (Å²) in [4.78, 5) is 21.9. The first kappa shape index (κ1) is 9.01. The van der Waals surface area contributed by atoms with E-state index in [-0.39, 0.29) is 0 Å². The predicted octanol–water partition coefficient (Wildman–Crippen LogP) is 0.746. The van der Waals surface area contributed by atoms with Gasteiger partial charge >= 0.3 is 11.8 Å². The molecule has 1 heterocycles. The molecule has 6 heteroatoms. The Balaban J connectivity index is 2.53. The molecule has 0 aromatic heterocycles. The van der Waals surface area contributed by atoms with Crippen LogP contribution in [0.2, 0.25) is 0 Å². The van der Waals surface area contributed by atoms with Gasteiger partial charge in [-0.05, 0) is 28.1 Å². The largest absolute Gasteiger partial charge is 0.398 e. The van der Waals surface area contributed by atoms with Gasteiger partial charge in [0.15, 0.2) is 0 Å². The lowest BCUT2D eigenvalue weighted by Crippen LogP contribution is -2.33. The molecule has 1 aromatic rings. The van der Waals surface area contributed by atoms with Crippen LogP contribution in [0.5, 0.6) is 0 Å². The molecule has 5 nitrogen and oxygen atoms in total. The van der Waals surface area contributed by atoms with Gasteiger partial charge in [0.1, 0.15) is 0 Å². The fourth-order valence-corrected chi connectivity index (χ4v) is 1.45. The zero-order valence-electron chi connectivity index (χ0n) is 6.87. The van der Waals surface area contributed by atoms with E-state index in [0.29, 0.717) is 21.5 Å². The van der Waals surface area contributed by atoms with Crippen molar-refractivity contribution in [3.05, 3.63) is 16.6 Å². The van der Waals surface area contributed by atoms with Gasteiger partial charge in [-0.15, -0.1) is 0 Å². The number of nitrogen functional groups attached to an aromatic ring is 1. The minimum atomic E-state index is -0.806. The third kappa shape index (κ3) is 1.33. The van der Waals surface area contributed by atoms with E-state index in [9.17, 15) is 9.59 Å². The van der Waals surface area contributed by atoms with Gasteiger partial charge in [0.25, 0.3) is 0 Å². The van der Waals surface area contributed by atoms with E-state index >= 15 is 0 Å². The number of halogens is 1. The van der Waals surface area contributed by atoms with Crippen LogP contribution in [0.25, 0.3) is 0 Å². The average Bonchev–Trinajstić information content (AvgIpc) is 2.11. The molecule has 1 aliphatic heterocycles. The van der Waals surface area contributed by atoms with Crippen molar-refractivity contribution >= 4 is 44.8 Å². The van der Waals surface area contributed by atoms with Crippen LogP contribution in [0.1, 0.15) is 0 Å². The summed E-state index contributed by atoms with van der Waals surface area (Å²) in [6.45, 7) is 0. The lowest BCUT2D eigenvalue weighted by molar-refractivity contribution is -0.135. The van der Waals surface area contributed by atoms with Crippen molar-refractivity contribution in [3.8, 4) is 0 Å². The van der Waals surface area contributed by atoms with Crippen molar-refractivity contribution in [2.75, 3.05) is 11.1 Å². The summed E-state index contributed by atoms with van der Waals surface area (Å²) in [5.74, 6) is -1.53. The highest BCUT2D eigenvalue weighted by atomic mass is 79.9. The van der Waals surface area contributed by atoms with Crippen LogP contribution < -0.4 is 16.4 Å². The Morgan fingerprint density at radius 3 is 2.79 bits per heavy atom. The van der Waals surface area contributed by atoms with Gasteiger partial charge in [0, 0.05) is 10.2 Å². The Bertz CT molecular complexity index is 403. The summed E-state index contributed by atoms with van der Waals surface area (Å²) in [5, 5.41) is 5.99. The topological polar surface area (TPSA) is 86.3 Å². The fourth-order valence-electron chi connectivity index (χ4n) is 1.11. The molecule has 14 heavy (non-hydrogen) atoms. The van der Waals surface area contributed by atoms with Crippen molar-refractivity contribution < 1.29 is 9.59 Å². The van der Waals surface area contributed by atoms with Gasteiger partial charge in [0.2, 0.25) is 0 Å². The number of fused-ring (bicyclic) bond motifs is 1. The molecule has 71 valence electrons. The van der Waals surface area contributed by atoms with Crippen LogP contribution in [-0.2, 0) is 9.59 Å².